The molecule has 0 saturated carbocycles. The average Bonchev–Trinajstić information content (AvgIpc) is 2.66. The summed E-state index contributed by atoms with van der Waals surface area (Å²) in [6.07, 6.45) is 0.764. The summed E-state index contributed by atoms with van der Waals surface area (Å²) in [5, 5.41) is 0.756. The molecule has 0 atom stereocenters. The lowest BCUT2D eigenvalue weighted by Gasteiger charge is -2.01. The highest BCUT2D eigenvalue weighted by Gasteiger charge is 2.14. The van der Waals surface area contributed by atoms with E-state index < -0.39 is 0 Å². The van der Waals surface area contributed by atoms with Gasteiger partial charge in [-0.05, 0) is 12.1 Å². The monoisotopic (exact) mass is 205 g/mol. The Morgan fingerprint density at radius 2 is 2.07 bits per heavy atom. The second-order valence-electron chi connectivity index (χ2n) is 3.07. The van der Waals surface area contributed by atoms with Crippen molar-refractivity contribution in [3.05, 3.63) is 23.8 Å². The molecule has 2 rings (SSSR count). The van der Waals surface area contributed by atoms with Crippen molar-refractivity contribution in [1.29, 1.82) is 0 Å². The van der Waals surface area contributed by atoms with Crippen LogP contribution in [0.3, 0.4) is 0 Å². The van der Waals surface area contributed by atoms with Crippen molar-refractivity contribution in [2.24, 2.45) is 0 Å². The first-order chi connectivity index (χ1) is 7.31. The fraction of sp³-hybridized carbons (Fsp3) is 0.182. The van der Waals surface area contributed by atoms with Gasteiger partial charge in [-0.25, -0.2) is 0 Å². The van der Waals surface area contributed by atoms with E-state index in [1.54, 1.807) is 7.11 Å². The van der Waals surface area contributed by atoms with Gasteiger partial charge < -0.3 is 14.5 Å². The Labute approximate surface area is 86.8 Å². The normalized spacial score (nSPS) is 10.3. The Morgan fingerprint density at radius 3 is 2.67 bits per heavy atom. The number of aromatic amines is 1. The summed E-state index contributed by atoms with van der Waals surface area (Å²) in [6.45, 7) is 0. The molecule has 4 heteroatoms. The number of H-pyrrole nitrogens is 1. The summed E-state index contributed by atoms with van der Waals surface area (Å²) in [5.74, 6) is 1.12. The van der Waals surface area contributed by atoms with Crippen molar-refractivity contribution in [3.8, 4) is 11.6 Å². The summed E-state index contributed by atoms with van der Waals surface area (Å²) in [7, 11) is 3.09. The van der Waals surface area contributed by atoms with Crippen molar-refractivity contribution in [2.45, 2.75) is 0 Å². The maximum absolute atomic E-state index is 11.0. The third-order valence-electron chi connectivity index (χ3n) is 2.33. The number of hydrogen-bond acceptors (Lipinski definition) is 3. The lowest BCUT2D eigenvalue weighted by atomic mass is 10.1. The Morgan fingerprint density at radius 1 is 1.27 bits per heavy atom. The number of methoxy groups -OCH3 is 2. The van der Waals surface area contributed by atoms with Gasteiger partial charge in [-0.1, -0.05) is 6.07 Å². The summed E-state index contributed by atoms with van der Waals surface area (Å²) >= 11 is 0. The van der Waals surface area contributed by atoms with Gasteiger partial charge in [0.1, 0.15) is 5.75 Å². The van der Waals surface area contributed by atoms with Crippen LogP contribution in [-0.2, 0) is 0 Å². The second-order valence-corrected chi connectivity index (χ2v) is 3.07. The van der Waals surface area contributed by atoms with E-state index >= 15 is 0 Å². The van der Waals surface area contributed by atoms with Crippen molar-refractivity contribution in [3.63, 3.8) is 0 Å². The molecule has 1 heterocycles. The highest BCUT2D eigenvalue weighted by Crippen LogP contribution is 2.33. The van der Waals surface area contributed by atoms with E-state index in [0.717, 1.165) is 17.2 Å². The zero-order valence-electron chi connectivity index (χ0n) is 8.53. The maximum atomic E-state index is 11.0. The van der Waals surface area contributed by atoms with Gasteiger partial charge in [-0.15, -0.1) is 0 Å². The molecule has 0 bridgehead atoms. The largest absolute Gasteiger partial charge is 0.496 e. The molecule has 78 valence electrons. The van der Waals surface area contributed by atoms with Crippen molar-refractivity contribution in [1.82, 2.24) is 4.98 Å². The number of benzene rings is 1. The molecule has 0 fully saturated rings. The Hall–Kier alpha value is -1.97. The number of rotatable bonds is 3. The van der Waals surface area contributed by atoms with E-state index in [0.29, 0.717) is 17.2 Å². The van der Waals surface area contributed by atoms with E-state index in [2.05, 4.69) is 4.98 Å². The Balaban J connectivity index is 2.83. The average molecular weight is 205 g/mol. The number of nitrogens with one attached hydrogen (secondary N) is 1. The molecule has 4 nitrogen and oxygen atoms in total. The zero-order valence-corrected chi connectivity index (χ0v) is 8.53. The molecule has 0 aliphatic heterocycles. The number of aldehydes is 1. The van der Waals surface area contributed by atoms with Crippen LogP contribution in [0.25, 0.3) is 10.9 Å². The van der Waals surface area contributed by atoms with Crippen molar-refractivity contribution in [2.75, 3.05) is 14.2 Å². The van der Waals surface area contributed by atoms with Gasteiger partial charge in [0.05, 0.1) is 30.7 Å². The third-order valence-corrected chi connectivity index (χ3v) is 2.33. The number of carbonyl (C=O) groups is 1. The van der Waals surface area contributed by atoms with E-state index in [4.69, 9.17) is 9.47 Å². The van der Waals surface area contributed by atoms with Crippen LogP contribution >= 0.6 is 0 Å². The van der Waals surface area contributed by atoms with Gasteiger partial charge in [-0.3, -0.25) is 4.79 Å². The Bertz CT molecular complexity index is 502. The zero-order chi connectivity index (χ0) is 10.8. The van der Waals surface area contributed by atoms with Gasteiger partial charge in [-0.2, -0.15) is 0 Å². The quantitative estimate of drug-likeness (QED) is 0.779. The summed E-state index contributed by atoms with van der Waals surface area (Å²) < 4.78 is 10.3. The van der Waals surface area contributed by atoms with Gasteiger partial charge in [0.2, 0.25) is 5.88 Å². The van der Waals surface area contributed by atoms with Crippen LogP contribution in [0.15, 0.2) is 18.2 Å². The first-order valence-electron chi connectivity index (χ1n) is 4.49. The van der Waals surface area contributed by atoms with Crippen LogP contribution in [0.4, 0.5) is 0 Å². The van der Waals surface area contributed by atoms with E-state index in [1.165, 1.54) is 7.11 Å². The molecule has 0 amide bonds. The first kappa shape index (κ1) is 9.58. The minimum atomic E-state index is 0.463. The molecule has 1 aromatic carbocycles. The van der Waals surface area contributed by atoms with Gasteiger partial charge >= 0.3 is 0 Å². The Kier molecular flexibility index (Phi) is 2.33. The van der Waals surface area contributed by atoms with E-state index in [1.807, 2.05) is 18.2 Å². The third kappa shape index (κ3) is 1.34. The second kappa shape index (κ2) is 3.65. The molecule has 2 aromatic rings. The number of hydrogen-bond donors (Lipinski definition) is 1. The number of carbonyl (C=O) groups excluding carboxylic acids is 1. The smallest absolute Gasteiger partial charge is 0.202 e. The minimum Gasteiger partial charge on any atom is -0.496 e. The highest BCUT2D eigenvalue weighted by molar-refractivity contribution is 6.03. The van der Waals surface area contributed by atoms with E-state index in [-0.39, 0.29) is 0 Å². The van der Waals surface area contributed by atoms with Crippen molar-refractivity contribution < 1.29 is 14.3 Å². The molecule has 0 saturated heterocycles. The minimum absolute atomic E-state index is 0.463. The maximum Gasteiger partial charge on any atom is 0.202 e. The fourth-order valence-corrected chi connectivity index (χ4v) is 1.66. The predicted octanol–water partition coefficient (Wildman–Crippen LogP) is 2.00. The summed E-state index contributed by atoms with van der Waals surface area (Å²) in [5.41, 5.74) is 1.32. The van der Waals surface area contributed by atoms with Crippen LogP contribution in [0, 0.1) is 0 Å². The first-order valence-corrected chi connectivity index (χ1v) is 4.49. The van der Waals surface area contributed by atoms with Crippen LogP contribution in [-0.4, -0.2) is 25.5 Å². The number of fused-ring (bicyclic) bond motifs is 1. The number of ether oxygens (including phenoxy) is 2. The standard InChI is InChI=1S/C11H11NO3/c1-14-9-5-3-4-8-10(9)7(6-13)11(12-8)15-2/h3-6,12H,1-2H3. The molecule has 0 unspecified atom stereocenters. The SMILES string of the molecule is COc1[nH]c2cccc(OC)c2c1C=O. The molecule has 0 spiro atoms. The van der Waals surface area contributed by atoms with Gasteiger partial charge in [0.25, 0.3) is 0 Å². The van der Waals surface area contributed by atoms with E-state index in [9.17, 15) is 4.79 Å². The lowest BCUT2D eigenvalue weighted by Crippen LogP contribution is -1.88. The van der Waals surface area contributed by atoms with Crippen LogP contribution < -0.4 is 9.47 Å². The van der Waals surface area contributed by atoms with Crippen molar-refractivity contribution >= 4 is 17.2 Å². The van der Waals surface area contributed by atoms with Gasteiger partial charge in [0, 0.05) is 0 Å². The molecule has 0 aliphatic carbocycles. The molecule has 0 aliphatic rings. The lowest BCUT2D eigenvalue weighted by molar-refractivity contribution is 0.112. The van der Waals surface area contributed by atoms with Crippen LogP contribution in [0.2, 0.25) is 0 Å². The van der Waals surface area contributed by atoms with Gasteiger partial charge in [0.15, 0.2) is 6.29 Å². The molecular weight excluding hydrogens is 194 g/mol. The fourth-order valence-electron chi connectivity index (χ4n) is 1.66. The molecular formula is C11H11NO3. The van der Waals surface area contributed by atoms with Crippen LogP contribution in [0.1, 0.15) is 10.4 Å². The molecule has 1 aromatic heterocycles. The number of aromatic nitrogens is 1. The molecule has 1 N–H and O–H groups in total. The molecule has 0 radical (unpaired) electrons. The highest BCUT2D eigenvalue weighted by atomic mass is 16.5. The molecule has 15 heavy (non-hydrogen) atoms. The topological polar surface area (TPSA) is 51.3 Å². The summed E-state index contributed by atoms with van der Waals surface area (Å²) in [4.78, 5) is 14.0. The summed E-state index contributed by atoms with van der Waals surface area (Å²) in [6, 6.07) is 5.53. The predicted molar refractivity (Wildman–Crippen MR) is 56.8 cm³/mol. The van der Waals surface area contributed by atoms with Crippen LogP contribution in [0.5, 0.6) is 11.6 Å².